The van der Waals surface area contributed by atoms with Crippen LogP contribution >= 0.6 is 0 Å². The van der Waals surface area contributed by atoms with E-state index in [-0.39, 0.29) is 42.6 Å². The number of hydrogen-bond acceptors (Lipinski definition) is 7. The fourth-order valence-corrected chi connectivity index (χ4v) is 1.78. The van der Waals surface area contributed by atoms with Crippen LogP contribution in [0.1, 0.15) is 31.1 Å². The molecular formula is C14H20O7. The van der Waals surface area contributed by atoms with Gasteiger partial charge in [0, 0.05) is 0 Å². The molecule has 7 nitrogen and oxygen atoms in total. The van der Waals surface area contributed by atoms with Crippen molar-refractivity contribution in [3.05, 3.63) is 5.56 Å². The molecule has 0 aromatic heterocycles. The molecule has 1 aromatic rings. The van der Waals surface area contributed by atoms with Gasteiger partial charge < -0.3 is 29.2 Å². The van der Waals surface area contributed by atoms with Crippen molar-refractivity contribution in [3.8, 4) is 28.7 Å². The molecular weight excluding hydrogens is 280 g/mol. The molecule has 0 saturated heterocycles. The molecule has 0 aliphatic heterocycles. The van der Waals surface area contributed by atoms with Crippen LogP contribution in [0.3, 0.4) is 0 Å². The van der Waals surface area contributed by atoms with Crippen LogP contribution in [0.25, 0.3) is 0 Å². The molecule has 0 radical (unpaired) electrons. The Morgan fingerprint density at radius 3 is 1.81 bits per heavy atom. The van der Waals surface area contributed by atoms with Gasteiger partial charge in [-0.05, 0) is 20.8 Å². The van der Waals surface area contributed by atoms with Crippen molar-refractivity contribution < 1.29 is 34.0 Å². The highest BCUT2D eigenvalue weighted by molar-refractivity contribution is 5.98. The standard InChI is InChI=1S/C14H20O7/c1-5-19-11-8(14(17)18-4)9(15)10(16)12(20-6-2)13(11)21-7-3/h15-16H,5-7H2,1-4H3. The van der Waals surface area contributed by atoms with Crippen molar-refractivity contribution in [1.29, 1.82) is 0 Å². The zero-order valence-electron chi connectivity index (χ0n) is 12.6. The molecule has 2 N–H and O–H groups in total. The molecule has 21 heavy (non-hydrogen) atoms. The number of ether oxygens (including phenoxy) is 4. The quantitative estimate of drug-likeness (QED) is 0.588. The van der Waals surface area contributed by atoms with Crippen molar-refractivity contribution in [1.82, 2.24) is 0 Å². The van der Waals surface area contributed by atoms with Crippen molar-refractivity contribution in [2.45, 2.75) is 20.8 Å². The normalized spacial score (nSPS) is 10.1. The summed E-state index contributed by atoms with van der Waals surface area (Å²) in [6.07, 6.45) is 0. The average molecular weight is 300 g/mol. The van der Waals surface area contributed by atoms with E-state index in [9.17, 15) is 15.0 Å². The number of phenols is 2. The van der Waals surface area contributed by atoms with Crippen molar-refractivity contribution in [2.24, 2.45) is 0 Å². The van der Waals surface area contributed by atoms with Gasteiger partial charge in [-0.15, -0.1) is 0 Å². The summed E-state index contributed by atoms with van der Waals surface area (Å²) in [5.41, 5.74) is -0.302. The number of methoxy groups -OCH3 is 1. The van der Waals surface area contributed by atoms with Gasteiger partial charge >= 0.3 is 5.97 Å². The minimum atomic E-state index is -0.852. The Hall–Kier alpha value is -2.31. The van der Waals surface area contributed by atoms with Crippen LogP contribution in [0.15, 0.2) is 0 Å². The second-order valence-electron chi connectivity index (χ2n) is 3.85. The second kappa shape index (κ2) is 7.47. The predicted molar refractivity (Wildman–Crippen MR) is 74.6 cm³/mol. The summed E-state index contributed by atoms with van der Waals surface area (Å²) in [4.78, 5) is 11.8. The van der Waals surface area contributed by atoms with Gasteiger partial charge in [-0.25, -0.2) is 4.79 Å². The van der Waals surface area contributed by atoms with Gasteiger partial charge in [-0.1, -0.05) is 0 Å². The third-order valence-electron chi connectivity index (χ3n) is 2.57. The first kappa shape index (κ1) is 16.7. The zero-order valence-corrected chi connectivity index (χ0v) is 12.6. The average Bonchev–Trinajstić information content (AvgIpc) is 2.48. The fraction of sp³-hybridized carbons (Fsp3) is 0.500. The number of carbonyl (C=O) groups is 1. The Labute approximate surface area is 123 Å². The molecule has 0 heterocycles. The molecule has 0 amide bonds. The van der Waals surface area contributed by atoms with Gasteiger partial charge in [0.2, 0.25) is 17.2 Å². The van der Waals surface area contributed by atoms with Crippen LogP contribution in [0.5, 0.6) is 28.7 Å². The molecule has 0 saturated carbocycles. The molecule has 0 bridgehead atoms. The van der Waals surface area contributed by atoms with E-state index in [1.165, 1.54) is 0 Å². The van der Waals surface area contributed by atoms with Gasteiger partial charge in [0.05, 0.1) is 26.9 Å². The Kier molecular flexibility index (Phi) is 5.95. The van der Waals surface area contributed by atoms with Crippen LogP contribution in [0, 0.1) is 0 Å². The molecule has 118 valence electrons. The first-order valence-electron chi connectivity index (χ1n) is 6.61. The molecule has 0 aliphatic rings. The van der Waals surface area contributed by atoms with Crippen LogP contribution in [0.2, 0.25) is 0 Å². The molecule has 0 unspecified atom stereocenters. The Morgan fingerprint density at radius 1 is 0.857 bits per heavy atom. The number of phenolic OH excluding ortho intramolecular Hbond substituents is 2. The summed E-state index contributed by atoms with van der Waals surface area (Å²) >= 11 is 0. The smallest absolute Gasteiger partial charge is 0.345 e. The first-order chi connectivity index (χ1) is 10.0. The number of carbonyl (C=O) groups excluding carboxylic acids is 1. The SMILES string of the molecule is CCOc1c(O)c(O)c(C(=O)OC)c(OCC)c1OCC. The van der Waals surface area contributed by atoms with Crippen LogP contribution in [0.4, 0.5) is 0 Å². The lowest BCUT2D eigenvalue weighted by molar-refractivity contribution is 0.0590. The van der Waals surface area contributed by atoms with E-state index in [0.29, 0.717) is 0 Å². The number of aromatic hydroxyl groups is 2. The predicted octanol–water partition coefficient (Wildman–Crippen LogP) is 2.08. The number of rotatable bonds is 7. The van der Waals surface area contributed by atoms with E-state index in [1.807, 2.05) is 0 Å². The lowest BCUT2D eigenvalue weighted by Gasteiger charge is -2.20. The zero-order chi connectivity index (χ0) is 16.0. The highest BCUT2D eigenvalue weighted by Gasteiger charge is 2.31. The molecule has 1 rings (SSSR count). The van der Waals surface area contributed by atoms with E-state index in [0.717, 1.165) is 7.11 Å². The maximum absolute atomic E-state index is 11.8. The van der Waals surface area contributed by atoms with Crippen molar-refractivity contribution in [3.63, 3.8) is 0 Å². The van der Waals surface area contributed by atoms with E-state index in [1.54, 1.807) is 20.8 Å². The van der Waals surface area contributed by atoms with Crippen LogP contribution in [-0.2, 0) is 4.74 Å². The third-order valence-corrected chi connectivity index (χ3v) is 2.57. The largest absolute Gasteiger partial charge is 0.503 e. The van der Waals surface area contributed by atoms with Crippen molar-refractivity contribution in [2.75, 3.05) is 26.9 Å². The third kappa shape index (κ3) is 3.24. The van der Waals surface area contributed by atoms with E-state index < -0.39 is 17.5 Å². The van der Waals surface area contributed by atoms with Gasteiger partial charge in [-0.2, -0.15) is 0 Å². The van der Waals surface area contributed by atoms with Crippen LogP contribution in [-0.4, -0.2) is 43.1 Å². The van der Waals surface area contributed by atoms with Gasteiger partial charge in [0.15, 0.2) is 17.1 Å². The molecule has 0 spiro atoms. The number of benzene rings is 1. The van der Waals surface area contributed by atoms with E-state index >= 15 is 0 Å². The molecule has 0 aliphatic carbocycles. The summed E-state index contributed by atoms with van der Waals surface area (Å²) in [7, 11) is 1.16. The Balaban J connectivity index is 3.68. The lowest BCUT2D eigenvalue weighted by atomic mass is 10.1. The van der Waals surface area contributed by atoms with Gasteiger partial charge in [0.25, 0.3) is 0 Å². The molecule has 7 heteroatoms. The van der Waals surface area contributed by atoms with Gasteiger partial charge in [0.1, 0.15) is 0 Å². The first-order valence-corrected chi connectivity index (χ1v) is 6.61. The second-order valence-corrected chi connectivity index (χ2v) is 3.85. The maximum atomic E-state index is 11.8. The summed E-state index contributed by atoms with van der Waals surface area (Å²) in [6, 6.07) is 0. The Bertz CT molecular complexity index is 511. The van der Waals surface area contributed by atoms with Crippen LogP contribution < -0.4 is 14.2 Å². The Morgan fingerprint density at radius 2 is 1.33 bits per heavy atom. The molecule has 0 fully saturated rings. The highest BCUT2D eigenvalue weighted by atomic mass is 16.6. The summed E-state index contributed by atoms with van der Waals surface area (Å²) in [5.74, 6) is -2.16. The number of hydrogen-bond donors (Lipinski definition) is 2. The summed E-state index contributed by atoms with van der Waals surface area (Å²) in [6.45, 7) is 5.86. The monoisotopic (exact) mass is 300 g/mol. The molecule has 1 aromatic carbocycles. The highest BCUT2D eigenvalue weighted by Crippen LogP contribution is 2.52. The maximum Gasteiger partial charge on any atom is 0.345 e. The fourth-order valence-electron chi connectivity index (χ4n) is 1.78. The summed E-state index contributed by atoms with van der Waals surface area (Å²) in [5, 5.41) is 20.1. The minimum absolute atomic E-state index is 0.0232. The number of esters is 1. The summed E-state index contributed by atoms with van der Waals surface area (Å²) < 4.78 is 20.7. The lowest BCUT2D eigenvalue weighted by Crippen LogP contribution is -2.10. The van der Waals surface area contributed by atoms with Gasteiger partial charge in [-0.3, -0.25) is 0 Å². The minimum Gasteiger partial charge on any atom is -0.503 e. The van der Waals surface area contributed by atoms with Crippen molar-refractivity contribution >= 4 is 5.97 Å². The van der Waals surface area contributed by atoms with E-state index in [4.69, 9.17) is 14.2 Å². The topological polar surface area (TPSA) is 94.5 Å². The molecule has 0 atom stereocenters. The van der Waals surface area contributed by atoms with E-state index in [2.05, 4.69) is 4.74 Å².